The van der Waals surface area contributed by atoms with E-state index in [0.29, 0.717) is 11.7 Å². The maximum Gasteiger partial charge on any atom is 0.257 e. The van der Waals surface area contributed by atoms with Crippen molar-refractivity contribution in [1.82, 2.24) is 15.1 Å². The fraction of sp³-hybridized carbons (Fsp3) is 0.636. The first-order chi connectivity index (χ1) is 8.54. The molecular formula is C11H16F2N4O. The van der Waals surface area contributed by atoms with Gasteiger partial charge in [-0.15, -0.1) is 0 Å². The van der Waals surface area contributed by atoms with Crippen LogP contribution >= 0.6 is 0 Å². The van der Waals surface area contributed by atoms with Crippen LogP contribution in [0, 0.1) is 0 Å². The van der Waals surface area contributed by atoms with Crippen molar-refractivity contribution in [3.05, 3.63) is 12.4 Å². The van der Waals surface area contributed by atoms with E-state index in [1.165, 1.54) is 12.4 Å². The Balaban J connectivity index is 1.83. The molecule has 1 fully saturated rings. The van der Waals surface area contributed by atoms with E-state index in [9.17, 15) is 13.6 Å². The molecule has 5 nitrogen and oxygen atoms in total. The first-order valence-corrected chi connectivity index (χ1v) is 5.92. The lowest BCUT2D eigenvalue weighted by molar-refractivity contribution is -0.121. The SMILES string of the molecule is C[C@@H](Nc1cnn(CC(F)F)c1)C(=O)NC1CC1. The highest BCUT2D eigenvalue weighted by Gasteiger charge is 2.25. The van der Waals surface area contributed by atoms with E-state index in [-0.39, 0.29) is 5.91 Å². The van der Waals surface area contributed by atoms with Crippen molar-refractivity contribution in [3.63, 3.8) is 0 Å². The van der Waals surface area contributed by atoms with E-state index >= 15 is 0 Å². The Morgan fingerprint density at radius 1 is 1.61 bits per heavy atom. The van der Waals surface area contributed by atoms with Crippen LogP contribution in [0.4, 0.5) is 14.5 Å². The summed E-state index contributed by atoms with van der Waals surface area (Å²) in [6, 6.07) is -0.0990. The number of anilines is 1. The molecule has 100 valence electrons. The van der Waals surface area contributed by atoms with Crippen LogP contribution in [0.1, 0.15) is 19.8 Å². The number of carbonyl (C=O) groups is 1. The molecule has 1 aromatic rings. The summed E-state index contributed by atoms with van der Waals surface area (Å²) in [5, 5.41) is 9.58. The van der Waals surface area contributed by atoms with Gasteiger partial charge in [0.1, 0.15) is 12.6 Å². The third-order valence-corrected chi connectivity index (χ3v) is 2.66. The molecule has 0 saturated heterocycles. The monoisotopic (exact) mass is 258 g/mol. The molecule has 2 N–H and O–H groups in total. The van der Waals surface area contributed by atoms with E-state index in [4.69, 9.17) is 0 Å². The number of carbonyl (C=O) groups excluding carboxylic acids is 1. The average Bonchev–Trinajstić information content (AvgIpc) is 2.99. The lowest BCUT2D eigenvalue weighted by Gasteiger charge is -2.13. The van der Waals surface area contributed by atoms with Crippen molar-refractivity contribution in [3.8, 4) is 0 Å². The zero-order chi connectivity index (χ0) is 13.1. The molecule has 0 spiro atoms. The normalized spacial score (nSPS) is 16.7. The van der Waals surface area contributed by atoms with Gasteiger partial charge in [0, 0.05) is 12.2 Å². The Morgan fingerprint density at radius 3 is 2.94 bits per heavy atom. The summed E-state index contributed by atoms with van der Waals surface area (Å²) >= 11 is 0. The van der Waals surface area contributed by atoms with Crippen LogP contribution in [0.2, 0.25) is 0 Å². The number of hydrogen-bond donors (Lipinski definition) is 2. The molecule has 0 aliphatic heterocycles. The molecule has 1 atom stereocenters. The molecule has 1 heterocycles. The second kappa shape index (κ2) is 5.32. The molecule has 2 rings (SSSR count). The quantitative estimate of drug-likeness (QED) is 0.806. The molecule has 1 aliphatic rings. The fourth-order valence-corrected chi connectivity index (χ4v) is 1.55. The predicted octanol–water partition coefficient (Wildman–Crippen LogP) is 1.23. The maximum absolute atomic E-state index is 12.1. The van der Waals surface area contributed by atoms with Crippen molar-refractivity contribution in [1.29, 1.82) is 0 Å². The van der Waals surface area contributed by atoms with Crippen molar-refractivity contribution >= 4 is 11.6 Å². The lowest BCUT2D eigenvalue weighted by Crippen LogP contribution is -2.38. The summed E-state index contributed by atoms with van der Waals surface area (Å²) in [6.07, 6.45) is 2.53. The van der Waals surface area contributed by atoms with Crippen LogP contribution in [0.5, 0.6) is 0 Å². The molecular weight excluding hydrogens is 242 g/mol. The molecule has 0 unspecified atom stereocenters. The zero-order valence-electron chi connectivity index (χ0n) is 10.1. The zero-order valence-corrected chi connectivity index (χ0v) is 10.1. The number of alkyl halides is 2. The molecule has 1 aromatic heterocycles. The van der Waals surface area contributed by atoms with Gasteiger partial charge in [0.15, 0.2) is 0 Å². The topological polar surface area (TPSA) is 59.0 Å². The Labute approximate surface area is 104 Å². The summed E-state index contributed by atoms with van der Waals surface area (Å²) in [6.45, 7) is 1.28. The molecule has 0 radical (unpaired) electrons. The molecule has 0 bridgehead atoms. The van der Waals surface area contributed by atoms with Gasteiger partial charge >= 0.3 is 0 Å². The highest BCUT2D eigenvalue weighted by molar-refractivity contribution is 5.84. The largest absolute Gasteiger partial charge is 0.371 e. The number of rotatable bonds is 6. The Bertz CT molecular complexity index is 417. The Morgan fingerprint density at radius 2 is 2.33 bits per heavy atom. The van der Waals surface area contributed by atoms with Crippen molar-refractivity contribution < 1.29 is 13.6 Å². The van der Waals surface area contributed by atoms with Crippen molar-refractivity contribution in [2.24, 2.45) is 0 Å². The first-order valence-electron chi connectivity index (χ1n) is 5.92. The molecule has 0 aromatic carbocycles. The molecule has 1 aliphatic carbocycles. The number of aromatic nitrogens is 2. The fourth-order valence-electron chi connectivity index (χ4n) is 1.55. The van der Waals surface area contributed by atoms with Gasteiger partial charge in [-0.05, 0) is 19.8 Å². The summed E-state index contributed by atoms with van der Waals surface area (Å²) in [5.41, 5.74) is 0.564. The first kappa shape index (κ1) is 12.8. The second-order valence-electron chi connectivity index (χ2n) is 4.49. The molecule has 1 saturated carbocycles. The highest BCUT2D eigenvalue weighted by atomic mass is 19.3. The number of amides is 1. The van der Waals surface area contributed by atoms with Gasteiger partial charge in [-0.25, -0.2) is 8.78 Å². The van der Waals surface area contributed by atoms with Gasteiger partial charge in [-0.2, -0.15) is 5.10 Å². The summed E-state index contributed by atoms with van der Waals surface area (Å²) in [4.78, 5) is 11.7. The van der Waals surface area contributed by atoms with Gasteiger partial charge in [-0.1, -0.05) is 0 Å². The standard InChI is InChI=1S/C11H16F2N4O/c1-7(11(18)16-8-2-3-8)15-9-4-14-17(5-9)6-10(12)13/h4-5,7-8,10,15H,2-3,6H2,1H3,(H,16,18)/t7-/m1/s1. The van der Waals surface area contributed by atoms with Crippen LogP contribution in [-0.4, -0.2) is 34.2 Å². The van der Waals surface area contributed by atoms with Crippen molar-refractivity contribution in [2.45, 2.75) is 44.8 Å². The molecule has 18 heavy (non-hydrogen) atoms. The van der Waals surface area contributed by atoms with Crippen LogP contribution < -0.4 is 10.6 Å². The van der Waals surface area contributed by atoms with Crippen LogP contribution in [0.3, 0.4) is 0 Å². The average molecular weight is 258 g/mol. The summed E-state index contributed by atoms with van der Waals surface area (Å²) in [7, 11) is 0. The van der Waals surface area contributed by atoms with Gasteiger partial charge in [0.25, 0.3) is 6.43 Å². The van der Waals surface area contributed by atoms with Gasteiger partial charge in [-0.3, -0.25) is 9.48 Å². The van der Waals surface area contributed by atoms with Gasteiger partial charge in [0.05, 0.1) is 11.9 Å². The Hall–Kier alpha value is -1.66. The number of hydrogen-bond acceptors (Lipinski definition) is 3. The third-order valence-electron chi connectivity index (χ3n) is 2.66. The van der Waals surface area contributed by atoms with Gasteiger partial charge in [0.2, 0.25) is 5.91 Å². The van der Waals surface area contributed by atoms with E-state index in [2.05, 4.69) is 15.7 Å². The van der Waals surface area contributed by atoms with Crippen LogP contribution in [0.15, 0.2) is 12.4 Å². The second-order valence-corrected chi connectivity index (χ2v) is 4.49. The maximum atomic E-state index is 12.1. The summed E-state index contributed by atoms with van der Waals surface area (Å²) in [5.74, 6) is -0.0842. The number of nitrogens with one attached hydrogen (secondary N) is 2. The van der Waals surface area contributed by atoms with E-state index in [0.717, 1.165) is 17.5 Å². The van der Waals surface area contributed by atoms with E-state index in [1.54, 1.807) is 6.92 Å². The lowest BCUT2D eigenvalue weighted by atomic mass is 10.3. The summed E-state index contributed by atoms with van der Waals surface area (Å²) < 4.78 is 25.4. The smallest absolute Gasteiger partial charge is 0.257 e. The third kappa shape index (κ3) is 3.68. The number of nitrogens with zero attached hydrogens (tertiary/aromatic N) is 2. The highest BCUT2D eigenvalue weighted by Crippen LogP contribution is 2.19. The van der Waals surface area contributed by atoms with Crippen molar-refractivity contribution in [2.75, 3.05) is 5.32 Å². The molecule has 1 amide bonds. The van der Waals surface area contributed by atoms with E-state index < -0.39 is 19.0 Å². The minimum absolute atomic E-state index is 0.0842. The van der Waals surface area contributed by atoms with E-state index in [1.807, 2.05) is 0 Å². The molecule has 7 heteroatoms. The number of halogens is 2. The Kier molecular flexibility index (Phi) is 3.78. The predicted molar refractivity (Wildman–Crippen MR) is 62.5 cm³/mol. The minimum Gasteiger partial charge on any atom is -0.371 e. The minimum atomic E-state index is -2.44. The van der Waals surface area contributed by atoms with Gasteiger partial charge < -0.3 is 10.6 Å². The van der Waals surface area contributed by atoms with Crippen LogP contribution in [0.25, 0.3) is 0 Å². The van der Waals surface area contributed by atoms with Crippen LogP contribution in [-0.2, 0) is 11.3 Å².